The van der Waals surface area contributed by atoms with Crippen LogP contribution in [0, 0.1) is 6.92 Å². The lowest BCUT2D eigenvalue weighted by atomic mass is 9.96. The zero-order valence-corrected chi connectivity index (χ0v) is 18.8. The Bertz CT molecular complexity index is 1130. The van der Waals surface area contributed by atoms with Crippen LogP contribution in [0.2, 0.25) is 0 Å². The number of carbonyl (C=O) groups is 2. The SMILES string of the molecule is Cc1nnc(SC(C)C(=O)N2c3ccccc3NC(=O)C2(C)C)n1Cc1ccccc1. The second kappa shape index (κ2) is 8.19. The van der Waals surface area contributed by atoms with Crippen molar-refractivity contribution in [2.24, 2.45) is 0 Å². The average Bonchev–Trinajstić information content (AvgIpc) is 3.08. The lowest BCUT2D eigenvalue weighted by Crippen LogP contribution is -2.60. The molecule has 1 atom stereocenters. The highest BCUT2D eigenvalue weighted by Gasteiger charge is 2.45. The number of aryl methyl sites for hydroxylation is 1. The van der Waals surface area contributed by atoms with Crippen LogP contribution in [0.3, 0.4) is 0 Å². The first-order chi connectivity index (χ1) is 14.8. The average molecular weight is 436 g/mol. The first-order valence-electron chi connectivity index (χ1n) is 10.1. The number of nitrogens with zero attached hydrogens (tertiary/aromatic N) is 4. The second-order valence-electron chi connectivity index (χ2n) is 8.07. The Kier molecular flexibility index (Phi) is 5.58. The van der Waals surface area contributed by atoms with Crippen LogP contribution < -0.4 is 10.2 Å². The van der Waals surface area contributed by atoms with E-state index in [2.05, 4.69) is 15.5 Å². The summed E-state index contributed by atoms with van der Waals surface area (Å²) < 4.78 is 2.01. The van der Waals surface area contributed by atoms with E-state index in [4.69, 9.17) is 0 Å². The molecule has 2 heterocycles. The Morgan fingerprint density at radius 1 is 1.10 bits per heavy atom. The summed E-state index contributed by atoms with van der Waals surface area (Å²) in [5, 5.41) is 11.6. The molecule has 7 nitrogen and oxygen atoms in total. The first kappa shape index (κ1) is 21.1. The molecule has 1 aromatic heterocycles. The molecule has 0 fully saturated rings. The minimum atomic E-state index is -1.01. The van der Waals surface area contributed by atoms with E-state index in [1.54, 1.807) is 24.8 Å². The smallest absolute Gasteiger partial charge is 0.250 e. The van der Waals surface area contributed by atoms with E-state index in [1.165, 1.54) is 11.8 Å². The van der Waals surface area contributed by atoms with Crippen molar-refractivity contribution in [3.05, 3.63) is 66.0 Å². The molecule has 4 rings (SSSR count). The minimum absolute atomic E-state index is 0.149. The van der Waals surface area contributed by atoms with Crippen molar-refractivity contribution >= 4 is 35.0 Å². The van der Waals surface area contributed by atoms with Gasteiger partial charge in [-0.1, -0.05) is 54.2 Å². The molecular formula is C23H25N5O2S. The molecular weight excluding hydrogens is 410 g/mol. The largest absolute Gasteiger partial charge is 0.322 e. The number of nitrogens with one attached hydrogen (secondary N) is 1. The zero-order valence-electron chi connectivity index (χ0n) is 18.0. The van der Waals surface area contributed by atoms with Crippen molar-refractivity contribution in [1.82, 2.24) is 14.8 Å². The number of hydrogen-bond acceptors (Lipinski definition) is 5. The fourth-order valence-corrected chi connectivity index (χ4v) is 4.57. The molecule has 1 unspecified atom stereocenters. The molecule has 0 saturated heterocycles. The van der Waals surface area contributed by atoms with E-state index >= 15 is 0 Å². The highest BCUT2D eigenvalue weighted by molar-refractivity contribution is 8.00. The normalized spacial score (nSPS) is 15.9. The predicted octanol–water partition coefficient (Wildman–Crippen LogP) is 3.88. The molecule has 2 amide bonds. The van der Waals surface area contributed by atoms with Crippen LogP contribution in [0.1, 0.15) is 32.2 Å². The first-order valence-corrected chi connectivity index (χ1v) is 11.0. The van der Waals surface area contributed by atoms with Crippen LogP contribution in [0.25, 0.3) is 0 Å². The summed E-state index contributed by atoms with van der Waals surface area (Å²) >= 11 is 1.36. The van der Waals surface area contributed by atoms with Crippen LogP contribution in [-0.4, -0.2) is 37.4 Å². The summed E-state index contributed by atoms with van der Waals surface area (Å²) in [4.78, 5) is 27.9. The summed E-state index contributed by atoms with van der Waals surface area (Å²) in [6.07, 6.45) is 0. The summed E-state index contributed by atoms with van der Waals surface area (Å²) in [7, 11) is 0. The Morgan fingerprint density at radius 2 is 1.77 bits per heavy atom. The van der Waals surface area contributed by atoms with Gasteiger partial charge < -0.3 is 9.88 Å². The fraction of sp³-hybridized carbons (Fsp3) is 0.304. The number of rotatable bonds is 5. The van der Waals surface area contributed by atoms with Gasteiger partial charge in [0, 0.05) is 0 Å². The van der Waals surface area contributed by atoms with Crippen molar-refractivity contribution in [2.45, 2.75) is 50.2 Å². The number of benzene rings is 2. The molecule has 2 aromatic carbocycles. The Balaban J connectivity index is 1.61. The number of fused-ring (bicyclic) bond motifs is 1. The van der Waals surface area contributed by atoms with Gasteiger partial charge in [0.2, 0.25) is 11.8 Å². The van der Waals surface area contributed by atoms with Gasteiger partial charge >= 0.3 is 0 Å². The van der Waals surface area contributed by atoms with Crippen LogP contribution in [0.5, 0.6) is 0 Å². The molecule has 3 aromatic rings. The molecule has 0 bridgehead atoms. The van der Waals surface area contributed by atoms with Crippen molar-refractivity contribution in [2.75, 3.05) is 10.2 Å². The highest BCUT2D eigenvalue weighted by atomic mass is 32.2. The standard InChI is InChI=1S/C23H25N5O2S/c1-15(31-22-26-25-16(2)27(22)14-17-10-6-5-7-11-17)20(29)28-19-13-9-8-12-18(19)24-21(30)23(28,3)4/h5-13,15H,14H2,1-4H3,(H,24,30). The second-order valence-corrected chi connectivity index (χ2v) is 9.37. The maximum Gasteiger partial charge on any atom is 0.250 e. The Morgan fingerprint density at radius 3 is 2.52 bits per heavy atom. The fourth-order valence-electron chi connectivity index (χ4n) is 3.63. The molecule has 160 valence electrons. The molecule has 0 radical (unpaired) electrons. The van der Waals surface area contributed by atoms with Gasteiger partial charge in [0.25, 0.3) is 0 Å². The van der Waals surface area contributed by atoms with Crippen molar-refractivity contribution in [3.63, 3.8) is 0 Å². The molecule has 0 saturated carbocycles. The van der Waals surface area contributed by atoms with E-state index in [1.807, 2.05) is 66.9 Å². The van der Waals surface area contributed by atoms with Crippen LogP contribution >= 0.6 is 11.8 Å². The van der Waals surface area contributed by atoms with Gasteiger partial charge in [-0.15, -0.1) is 10.2 Å². The third kappa shape index (κ3) is 3.95. The van der Waals surface area contributed by atoms with Crippen molar-refractivity contribution < 1.29 is 9.59 Å². The van der Waals surface area contributed by atoms with Gasteiger partial charge in [-0.05, 0) is 45.4 Å². The molecule has 1 aliphatic rings. The van der Waals surface area contributed by atoms with E-state index in [0.29, 0.717) is 23.1 Å². The van der Waals surface area contributed by atoms with Crippen molar-refractivity contribution in [3.8, 4) is 0 Å². The van der Waals surface area contributed by atoms with Gasteiger partial charge in [0.05, 0.1) is 23.2 Å². The number of amides is 2. The van der Waals surface area contributed by atoms with Gasteiger partial charge in [-0.3, -0.25) is 14.5 Å². The van der Waals surface area contributed by atoms with Crippen molar-refractivity contribution in [1.29, 1.82) is 0 Å². The van der Waals surface area contributed by atoms with Crippen LogP contribution in [0.15, 0.2) is 59.8 Å². The number of para-hydroxylation sites is 2. The van der Waals surface area contributed by atoms with Gasteiger partial charge in [-0.2, -0.15) is 0 Å². The summed E-state index contributed by atoms with van der Waals surface area (Å²) in [6.45, 7) is 7.89. The lowest BCUT2D eigenvalue weighted by Gasteiger charge is -2.43. The molecule has 1 aliphatic heterocycles. The third-order valence-corrected chi connectivity index (χ3v) is 6.51. The number of hydrogen-bond donors (Lipinski definition) is 1. The van der Waals surface area contributed by atoms with E-state index in [0.717, 1.165) is 11.4 Å². The topological polar surface area (TPSA) is 80.1 Å². The summed E-state index contributed by atoms with van der Waals surface area (Å²) in [5.41, 5.74) is 1.47. The molecule has 31 heavy (non-hydrogen) atoms. The van der Waals surface area contributed by atoms with E-state index in [-0.39, 0.29) is 11.8 Å². The van der Waals surface area contributed by atoms with Gasteiger partial charge in [0.15, 0.2) is 5.16 Å². The lowest BCUT2D eigenvalue weighted by molar-refractivity contribution is -0.126. The predicted molar refractivity (Wildman–Crippen MR) is 122 cm³/mol. The zero-order chi connectivity index (χ0) is 22.2. The number of aromatic nitrogens is 3. The quantitative estimate of drug-likeness (QED) is 0.615. The van der Waals surface area contributed by atoms with Crippen LogP contribution in [-0.2, 0) is 16.1 Å². The van der Waals surface area contributed by atoms with Crippen LogP contribution in [0.4, 0.5) is 11.4 Å². The third-order valence-electron chi connectivity index (χ3n) is 5.44. The van der Waals surface area contributed by atoms with Gasteiger partial charge in [0.1, 0.15) is 11.4 Å². The van der Waals surface area contributed by atoms with E-state index in [9.17, 15) is 9.59 Å². The molecule has 1 N–H and O–H groups in total. The Hall–Kier alpha value is -3.13. The number of anilines is 2. The summed E-state index contributed by atoms with van der Waals surface area (Å²) in [5.74, 6) is 0.429. The number of carbonyl (C=O) groups excluding carboxylic acids is 2. The monoisotopic (exact) mass is 435 g/mol. The minimum Gasteiger partial charge on any atom is -0.322 e. The molecule has 0 spiro atoms. The summed E-state index contributed by atoms with van der Waals surface area (Å²) in [6, 6.07) is 17.4. The maximum absolute atomic E-state index is 13.6. The molecule has 0 aliphatic carbocycles. The number of thioether (sulfide) groups is 1. The van der Waals surface area contributed by atoms with Gasteiger partial charge in [-0.25, -0.2) is 0 Å². The highest BCUT2D eigenvalue weighted by Crippen LogP contribution is 2.38. The molecule has 8 heteroatoms. The Labute approximate surface area is 185 Å². The maximum atomic E-state index is 13.6. The van der Waals surface area contributed by atoms with E-state index < -0.39 is 10.8 Å².